The number of hydrogen-bond acceptors (Lipinski definition) is 6. The van der Waals surface area contributed by atoms with E-state index in [-0.39, 0.29) is 17.6 Å². The SMILES string of the molecule is O=C(Nc1cnccc1N1CCNCC1)c1ccnc(C2CCc3c(F)cccc3C2)n1. The lowest BCUT2D eigenvalue weighted by Gasteiger charge is -2.30. The average Bonchev–Trinajstić information content (AvgIpc) is 2.85. The highest BCUT2D eigenvalue weighted by atomic mass is 19.1. The van der Waals surface area contributed by atoms with Gasteiger partial charge in [0.1, 0.15) is 17.3 Å². The van der Waals surface area contributed by atoms with Crippen LogP contribution in [-0.4, -0.2) is 47.0 Å². The first kappa shape index (κ1) is 20.5. The van der Waals surface area contributed by atoms with Crippen molar-refractivity contribution in [3.63, 3.8) is 0 Å². The van der Waals surface area contributed by atoms with E-state index in [2.05, 4.69) is 30.5 Å². The Kier molecular flexibility index (Phi) is 5.77. The van der Waals surface area contributed by atoms with Gasteiger partial charge in [-0.25, -0.2) is 14.4 Å². The molecule has 1 fully saturated rings. The van der Waals surface area contributed by atoms with Crippen molar-refractivity contribution in [2.24, 2.45) is 0 Å². The van der Waals surface area contributed by atoms with Crippen molar-refractivity contribution in [2.75, 3.05) is 36.4 Å². The third-order valence-corrected chi connectivity index (χ3v) is 6.20. The summed E-state index contributed by atoms with van der Waals surface area (Å²) in [5, 5.41) is 6.31. The summed E-state index contributed by atoms with van der Waals surface area (Å²) in [5.41, 5.74) is 3.72. The van der Waals surface area contributed by atoms with Gasteiger partial charge in [0.15, 0.2) is 0 Å². The molecule has 2 aromatic heterocycles. The summed E-state index contributed by atoms with van der Waals surface area (Å²) in [6.45, 7) is 3.54. The first-order chi connectivity index (χ1) is 15.7. The van der Waals surface area contributed by atoms with E-state index in [4.69, 9.17) is 0 Å². The van der Waals surface area contributed by atoms with Crippen LogP contribution in [0.25, 0.3) is 0 Å². The van der Waals surface area contributed by atoms with Crippen LogP contribution >= 0.6 is 0 Å². The van der Waals surface area contributed by atoms with Crippen LogP contribution in [0.2, 0.25) is 0 Å². The molecule has 1 atom stereocenters. The molecule has 0 radical (unpaired) electrons. The number of rotatable bonds is 4. The first-order valence-electron chi connectivity index (χ1n) is 11.0. The van der Waals surface area contributed by atoms with Gasteiger partial charge in [-0.2, -0.15) is 0 Å². The lowest BCUT2D eigenvalue weighted by atomic mass is 9.83. The quantitative estimate of drug-likeness (QED) is 0.660. The van der Waals surface area contributed by atoms with E-state index in [1.54, 1.807) is 30.7 Å². The van der Waals surface area contributed by atoms with Crippen molar-refractivity contribution in [1.82, 2.24) is 20.3 Å². The molecule has 164 valence electrons. The van der Waals surface area contributed by atoms with E-state index in [0.29, 0.717) is 30.0 Å². The number of benzene rings is 1. The Labute approximate surface area is 186 Å². The third kappa shape index (κ3) is 4.18. The van der Waals surface area contributed by atoms with Crippen LogP contribution in [0.4, 0.5) is 15.8 Å². The average molecular weight is 433 g/mol. The molecule has 1 saturated heterocycles. The summed E-state index contributed by atoms with van der Waals surface area (Å²) in [6.07, 6.45) is 7.11. The van der Waals surface area contributed by atoms with E-state index in [0.717, 1.165) is 49.4 Å². The number of hydrogen-bond donors (Lipinski definition) is 2. The number of carbonyl (C=O) groups excluding carboxylic acids is 1. The van der Waals surface area contributed by atoms with Crippen LogP contribution in [0.15, 0.2) is 48.9 Å². The van der Waals surface area contributed by atoms with Crippen molar-refractivity contribution in [3.05, 3.63) is 77.4 Å². The predicted molar refractivity (Wildman–Crippen MR) is 120 cm³/mol. The van der Waals surface area contributed by atoms with E-state index in [1.165, 1.54) is 6.07 Å². The van der Waals surface area contributed by atoms with Gasteiger partial charge in [0.05, 0.1) is 17.6 Å². The zero-order valence-electron chi connectivity index (χ0n) is 17.7. The normalized spacial score (nSPS) is 18.2. The molecule has 2 N–H and O–H groups in total. The summed E-state index contributed by atoms with van der Waals surface area (Å²) in [4.78, 5) is 28.4. The summed E-state index contributed by atoms with van der Waals surface area (Å²) in [5.74, 6) is 0.250. The second-order valence-corrected chi connectivity index (χ2v) is 8.20. The second-order valence-electron chi connectivity index (χ2n) is 8.20. The summed E-state index contributed by atoms with van der Waals surface area (Å²) in [6, 6.07) is 8.75. The maximum atomic E-state index is 14.0. The number of amides is 1. The smallest absolute Gasteiger partial charge is 0.274 e. The van der Waals surface area contributed by atoms with Crippen molar-refractivity contribution < 1.29 is 9.18 Å². The molecular weight excluding hydrogens is 407 g/mol. The van der Waals surface area contributed by atoms with Gasteiger partial charge in [-0.3, -0.25) is 9.78 Å². The molecule has 8 heteroatoms. The van der Waals surface area contributed by atoms with Gasteiger partial charge >= 0.3 is 0 Å². The Hall–Kier alpha value is -3.39. The zero-order valence-corrected chi connectivity index (χ0v) is 17.7. The fraction of sp³-hybridized carbons (Fsp3) is 0.333. The lowest BCUT2D eigenvalue weighted by Crippen LogP contribution is -2.43. The van der Waals surface area contributed by atoms with E-state index < -0.39 is 0 Å². The van der Waals surface area contributed by atoms with Gasteiger partial charge in [0.25, 0.3) is 5.91 Å². The number of aromatic nitrogens is 3. The highest BCUT2D eigenvalue weighted by molar-refractivity contribution is 6.04. The Bertz CT molecular complexity index is 1130. The van der Waals surface area contributed by atoms with E-state index in [1.807, 2.05) is 12.1 Å². The lowest BCUT2D eigenvalue weighted by molar-refractivity contribution is 0.102. The molecule has 1 unspecified atom stereocenters. The fourth-order valence-electron chi connectivity index (χ4n) is 4.53. The fourth-order valence-corrected chi connectivity index (χ4v) is 4.53. The minimum absolute atomic E-state index is 0.0619. The monoisotopic (exact) mass is 432 g/mol. The molecule has 0 spiro atoms. The highest BCUT2D eigenvalue weighted by Gasteiger charge is 2.25. The topological polar surface area (TPSA) is 83.0 Å². The number of nitrogens with one attached hydrogen (secondary N) is 2. The number of piperazine rings is 1. The second kappa shape index (κ2) is 9.00. The number of fused-ring (bicyclic) bond motifs is 1. The van der Waals surface area contributed by atoms with Gasteiger partial charge in [-0.15, -0.1) is 0 Å². The van der Waals surface area contributed by atoms with Crippen LogP contribution in [0.3, 0.4) is 0 Å². The van der Waals surface area contributed by atoms with Gasteiger partial charge in [0, 0.05) is 44.5 Å². The van der Waals surface area contributed by atoms with Crippen molar-refractivity contribution in [3.8, 4) is 0 Å². The van der Waals surface area contributed by atoms with Gasteiger partial charge < -0.3 is 15.5 Å². The molecule has 5 rings (SSSR count). The molecule has 0 bridgehead atoms. The van der Waals surface area contributed by atoms with Crippen molar-refractivity contribution in [1.29, 1.82) is 0 Å². The van der Waals surface area contributed by atoms with Gasteiger partial charge in [-0.1, -0.05) is 12.1 Å². The molecule has 1 aliphatic carbocycles. The Morgan fingerprint density at radius 2 is 2.03 bits per heavy atom. The van der Waals surface area contributed by atoms with Crippen LogP contribution in [0.5, 0.6) is 0 Å². The minimum Gasteiger partial charge on any atom is -0.367 e. The molecule has 1 aromatic carbocycles. The molecule has 1 amide bonds. The molecule has 1 aliphatic heterocycles. The Balaban J connectivity index is 1.34. The number of anilines is 2. The van der Waals surface area contributed by atoms with Gasteiger partial charge in [0.2, 0.25) is 0 Å². The summed E-state index contributed by atoms with van der Waals surface area (Å²) < 4.78 is 14.0. The molecule has 3 heterocycles. The Morgan fingerprint density at radius 3 is 2.91 bits per heavy atom. The Morgan fingerprint density at radius 1 is 1.16 bits per heavy atom. The first-order valence-corrected chi connectivity index (χ1v) is 11.0. The van der Waals surface area contributed by atoms with E-state index in [9.17, 15) is 9.18 Å². The van der Waals surface area contributed by atoms with Crippen LogP contribution in [0, 0.1) is 5.82 Å². The summed E-state index contributed by atoms with van der Waals surface area (Å²) >= 11 is 0. The molecule has 0 saturated carbocycles. The van der Waals surface area contributed by atoms with Crippen LogP contribution < -0.4 is 15.5 Å². The molecular formula is C24H25FN6O. The summed E-state index contributed by atoms with van der Waals surface area (Å²) in [7, 11) is 0. The maximum Gasteiger partial charge on any atom is 0.274 e. The minimum atomic E-state index is -0.291. The third-order valence-electron chi connectivity index (χ3n) is 6.20. The number of halogens is 1. The molecule has 32 heavy (non-hydrogen) atoms. The largest absolute Gasteiger partial charge is 0.367 e. The maximum absolute atomic E-state index is 14.0. The number of nitrogens with zero attached hydrogens (tertiary/aromatic N) is 4. The van der Waals surface area contributed by atoms with Crippen LogP contribution in [-0.2, 0) is 12.8 Å². The van der Waals surface area contributed by atoms with Crippen molar-refractivity contribution >= 4 is 17.3 Å². The molecule has 3 aromatic rings. The van der Waals surface area contributed by atoms with Gasteiger partial charge in [-0.05, 0) is 48.6 Å². The molecule has 7 nitrogen and oxygen atoms in total. The number of pyridine rings is 1. The predicted octanol–water partition coefficient (Wildman–Crippen LogP) is 2.95. The van der Waals surface area contributed by atoms with Crippen LogP contribution in [0.1, 0.15) is 39.8 Å². The zero-order chi connectivity index (χ0) is 21.9. The van der Waals surface area contributed by atoms with Crippen molar-refractivity contribution in [2.45, 2.75) is 25.2 Å². The standard InChI is InChI=1S/C24H25FN6O/c25-19-3-1-2-16-14-17(4-5-18(16)19)23-28-9-6-20(29-23)24(32)30-21-15-27-8-7-22(21)31-12-10-26-11-13-31/h1-3,6-9,15,17,26H,4-5,10-14H2,(H,30,32). The highest BCUT2D eigenvalue weighted by Crippen LogP contribution is 2.32. The molecule has 2 aliphatic rings. The van der Waals surface area contributed by atoms with E-state index >= 15 is 0 Å². The number of carbonyl (C=O) groups is 1.